The van der Waals surface area contributed by atoms with Crippen LogP contribution >= 0.6 is 0 Å². The van der Waals surface area contributed by atoms with Crippen molar-refractivity contribution in [2.45, 2.75) is 44.9 Å². The van der Waals surface area contributed by atoms with E-state index in [1.54, 1.807) is 0 Å². The van der Waals surface area contributed by atoms with E-state index < -0.39 is 0 Å². The predicted octanol–water partition coefficient (Wildman–Crippen LogP) is 2.04. The van der Waals surface area contributed by atoms with Gasteiger partial charge >= 0.3 is 0 Å². The lowest BCUT2D eigenvalue weighted by molar-refractivity contribution is 0.528. The molecule has 1 fully saturated rings. The molecular weight excluding hydrogens is 224 g/mol. The largest absolute Gasteiger partial charge is 0.354 e. The zero-order valence-corrected chi connectivity index (χ0v) is 11.3. The lowest BCUT2D eigenvalue weighted by atomic mass is 9.86. The van der Waals surface area contributed by atoms with Gasteiger partial charge < -0.3 is 10.2 Å². The summed E-state index contributed by atoms with van der Waals surface area (Å²) in [5.74, 6) is 1.95. The second-order valence-electron chi connectivity index (χ2n) is 5.53. The van der Waals surface area contributed by atoms with Crippen LogP contribution in [0.15, 0.2) is 0 Å². The Morgan fingerprint density at radius 1 is 1.28 bits per heavy atom. The minimum Gasteiger partial charge on any atom is -0.354 e. The Balaban J connectivity index is 1.86. The maximum absolute atomic E-state index is 4.63. The van der Waals surface area contributed by atoms with Crippen LogP contribution in [0.1, 0.15) is 49.8 Å². The molecule has 1 aromatic heterocycles. The monoisotopic (exact) mass is 248 g/mol. The lowest BCUT2D eigenvalue weighted by Crippen LogP contribution is -2.29. The molecule has 0 saturated carbocycles. The van der Waals surface area contributed by atoms with Gasteiger partial charge in [0.2, 0.25) is 0 Å². The summed E-state index contributed by atoms with van der Waals surface area (Å²) >= 11 is 0. The number of H-pyrrole nitrogens is 1. The number of fused-ring (bicyclic) bond motifs is 1. The maximum atomic E-state index is 4.63. The summed E-state index contributed by atoms with van der Waals surface area (Å²) in [6.07, 6.45) is 6.31. The summed E-state index contributed by atoms with van der Waals surface area (Å²) in [5.41, 5.74) is 2.94. The highest BCUT2D eigenvalue weighted by Gasteiger charge is 2.26. The van der Waals surface area contributed by atoms with E-state index in [4.69, 9.17) is 0 Å². The van der Waals surface area contributed by atoms with Gasteiger partial charge in [-0.2, -0.15) is 5.10 Å². The Kier molecular flexibility index (Phi) is 3.55. The Morgan fingerprint density at radius 3 is 3.11 bits per heavy atom. The van der Waals surface area contributed by atoms with Gasteiger partial charge in [0.1, 0.15) is 0 Å². The smallest absolute Gasteiger partial charge is 0.153 e. The SMILES string of the molecule is CCC1CCCc2c(N3CCCNCC3)n[nH]c21. The van der Waals surface area contributed by atoms with Gasteiger partial charge in [0.15, 0.2) is 5.82 Å². The molecule has 1 aliphatic heterocycles. The average molecular weight is 248 g/mol. The average Bonchev–Trinajstić information content (AvgIpc) is 2.66. The third kappa shape index (κ3) is 2.14. The Bertz CT molecular complexity index is 390. The van der Waals surface area contributed by atoms with Crippen molar-refractivity contribution >= 4 is 5.82 Å². The molecule has 1 aliphatic carbocycles. The minimum atomic E-state index is 0.708. The van der Waals surface area contributed by atoms with E-state index in [9.17, 15) is 0 Å². The standard InChI is InChI=1S/C14H24N4/c1-2-11-5-3-6-12-13(11)16-17-14(12)18-9-4-7-15-8-10-18/h11,15H,2-10H2,1H3,(H,16,17). The van der Waals surface area contributed by atoms with Crippen LogP contribution in [0.4, 0.5) is 5.82 Å². The van der Waals surface area contributed by atoms with Crippen molar-refractivity contribution in [1.29, 1.82) is 0 Å². The summed E-state index contributed by atoms with van der Waals surface area (Å²) in [5, 5.41) is 11.4. The van der Waals surface area contributed by atoms with Crippen molar-refractivity contribution in [3.8, 4) is 0 Å². The van der Waals surface area contributed by atoms with Crippen LogP contribution in [-0.4, -0.2) is 36.4 Å². The Labute approximate surface area is 109 Å². The Hall–Kier alpha value is -1.03. The fourth-order valence-electron chi connectivity index (χ4n) is 3.35. The van der Waals surface area contributed by atoms with Gasteiger partial charge in [-0.05, 0) is 38.6 Å². The summed E-state index contributed by atoms with van der Waals surface area (Å²) in [6, 6.07) is 0. The predicted molar refractivity (Wildman–Crippen MR) is 74.3 cm³/mol. The van der Waals surface area contributed by atoms with Crippen molar-refractivity contribution in [1.82, 2.24) is 15.5 Å². The molecule has 1 saturated heterocycles. The first-order valence-corrected chi connectivity index (χ1v) is 7.43. The highest BCUT2D eigenvalue weighted by Crippen LogP contribution is 2.36. The zero-order valence-electron chi connectivity index (χ0n) is 11.3. The minimum absolute atomic E-state index is 0.708. The molecule has 0 spiro atoms. The molecule has 100 valence electrons. The first-order chi connectivity index (χ1) is 8.90. The van der Waals surface area contributed by atoms with E-state index in [0.717, 1.165) is 26.2 Å². The summed E-state index contributed by atoms with van der Waals surface area (Å²) < 4.78 is 0. The molecular formula is C14H24N4. The van der Waals surface area contributed by atoms with E-state index in [0.29, 0.717) is 5.92 Å². The van der Waals surface area contributed by atoms with Gasteiger partial charge in [-0.25, -0.2) is 0 Å². The third-order valence-electron chi connectivity index (χ3n) is 4.40. The number of aromatic amines is 1. The molecule has 4 nitrogen and oxygen atoms in total. The van der Waals surface area contributed by atoms with Crippen LogP contribution in [0.25, 0.3) is 0 Å². The third-order valence-corrected chi connectivity index (χ3v) is 4.40. The fraction of sp³-hybridized carbons (Fsp3) is 0.786. The van der Waals surface area contributed by atoms with Crippen LogP contribution in [0, 0.1) is 0 Å². The molecule has 2 heterocycles. The molecule has 4 heteroatoms. The van der Waals surface area contributed by atoms with Crippen molar-refractivity contribution < 1.29 is 0 Å². The van der Waals surface area contributed by atoms with Crippen LogP contribution in [0.2, 0.25) is 0 Å². The van der Waals surface area contributed by atoms with Gasteiger partial charge in [-0.15, -0.1) is 0 Å². The Morgan fingerprint density at radius 2 is 2.22 bits per heavy atom. The van der Waals surface area contributed by atoms with Gasteiger partial charge in [-0.1, -0.05) is 6.92 Å². The first kappa shape index (κ1) is 12.0. The van der Waals surface area contributed by atoms with E-state index in [1.807, 2.05) is 0 Å². The molecule has 2 N–H and O–H groups in total. The van der Waals surface area contributed by atoms with Gasteiger partial charge in [0, 0.05) is 36.8 Å². The highest BCUT2D eigenvalue weighted by molar-refractivity contribution is 5.51. The van der Waals surface area contributed by atoms with Crippen molar-refractivity contribution in [3.05, 3.63) is 11.3 Å². The first-order valence-electron chi connectivity index (χ1n) is 7.43. The van der Waals surface area contributed by atoms with Crippen molar-refractivity contribution in [2.24, 2.45) is 0 Å². The number of hydrogen-bond acceptors (Lipinski definition) is 3. The number of anilines is 1. The van der Waals surface area contributed by atoms with Gasteiger partial charge in [0.25, 0.3) is 0 Å². The molecule has 0 bridgehead atoms. The topological polar surface area (TPSA) is 44.0 Å². The van der Waals surface area contributed by atoms with Gasteiger partial charge in [-0.3, -0.25) is 5.10 Å². The second kappa shape index (κ2) is 5.31. The van der Waals surface area contributed by atoms with E-state index in [-0.39, 0.29) is 0 Å². The summed E-state index contributed by atoms with van der Waals surface area (Å²) in [7, 11) is 0. The van der Waals surface area contributed by atoms with Crippen LogP contribution in [0.3, 0.4) is 0 Å². The molecule has 1 unspecified atom stereocenters. The summed E-state index contributed by atoms with van der Waals surface area (Å²) in [6.45, 7) is 6.74. The van der Waals surface area contributed by atoms with Crippen LogP contribution in [-0.2, 0) is 6.42 Å². The normalized spacial score (nSPS) is 24.7. The fourth-order valence-corrected chi connectivity index (χ4v) is 3.35. The number of nitrogens with one attached hydrogen (secondary N) is 2. The number of aromatic nitrogens is 2. The lowest BCUT2D eigenvalue weighted by Gasteiger charge is -2.25. The molecule has 1 aromatic rings. The molecule has 18 heavy (non-hydrogen) atoms. The molecule has 1 atom stereocenters. The quantitative estimate of drug-likeness (QED) is 0.842. The zero-order chi connectivity index (χ0) is 12.4. The van der Waals surface area contributed by atoms with Crippen LogP contribution < -0.4 is 10.2 Å². The maximum Gasteiger partial charge on any atom is 0.153 e. The molecule has 2 aliphatic rings. The van der Waals surface area contributed by atoms with E-state index in [2.05, 4.69) is 27.3 Å². The van der Waals surface area contributed by atoms with Gasteiger partial charge in [0.05, 0.1) is 0 Å². The molecule has 3 rings (SSSR count). The van der Waals surface area contributed by atoms with Crippen molar-refractivity contribution in [2.75, 3.05) is 31.1 Å². The van der Waals surface area contributed by atoms with E-state index in [1.165, 1.54) is 49.2 Å². The second-order valence-corrected chi connectivity index (χ2v) is 5.53. The molecule has 0 amide bonds. The molecule has 0 radical (unpaired) electrons. The highest BCUT2D eigenvalue weighted by atomic mass is 15.3. The van der Waals surface area contributed by atoms with Crippen LogP contribution in [0.5, 0.6) is 0 Å². The van der Waals surface area contributed by atoms with Crippen molar-refractivity contribution in [3.63, 3.8) is 0 Å². The number of hydrogen-bond donors (Lipinski definition) is 2. The summed E-state index contributed by atoms with van der Waals surface area (Å²) in [4.78, 5) is 2.47. The molecule has 0 aromatic carbocycles. The number of nitrogens with zero attached hydrogens (tertiary/aromatic N) is 2. The van der Waals surface area contributed by atoms with E-state index >= 15 is 0 Å². The number of rotatable bonds is 2.